The van der Waals surface area contributed by atoms with Crippen LogP contribution in [0.15, 0.2) is 52.3 Å². The van der Waals surface area contributed by atoms with Gasteiger partial charge in [-0.1, -0.05) is 30.0 Å². The Morgan fingerprint density at radius 3 is 2.26 bits per heavy atom. The molecule has 1 atom stereocenters. The quantitative estimate of drug-likeness (QED) is 0.482. The molecule has 7 heteroatoms. The van der Waals surface area contributed by atoms with Crippen molar-refractivity contribution in [1.29, 1.82) is 0 Å². The number of anilines is 1. The fourth-order valence-corrected chi connectivity index (χ4v) is 2.96. The molecule has 0 amide bonds. The second-order valence-corrected chi connectivity index (χ2v) is 6.27. The maximum Gasteiger partial charge on any atom is 0.416 e. The first-order valence-electron chi connectivity index (χ1n) is 6.74. The molecular formula is C16H16F4N2S. The third-order valence-corrected chi connectivity index (χ3v) is 4.37. The molecule has 0 saturated carbocycles. The first-order chi connectivity index (χ1) is 10.7. The van der Waals surface area contributed by atoms with E-state index in [4.69, 9.17) is 5.73 Å². The Kier molecular flexibility index (Phi) is 5.21. The van der Waals surface area contributed by atoms with Crippen LogP contribution >= 0.6 is 11.8 Å². The van der Waals surface area contributed by atoms with Gasteiger partial charge in [0.2, 0.25) is 0 Å². The number of alkyl halides is 4. The number of rotatable bonds is 4. The summed E-state index contributed by atoms with van der Waals surface area (Å²) in [6.45, 7) is 0. The minimum absolute atomic E-state index is 0.0138. The van der Waals surface area contributed by atoms with Crippen molar-refractivity contribution < 1.29 is 17.6 Å². The molecule has 0 bridgehead atoms. The second kappa shape index (κ2) is 6.80. The third-order valence-electron chi connectivity index (χ3n) is 3.19. The highest BCUT2D eigenvalue weighted by atomic mass is 32.2. The van der Waals surface area contributed by atoms with E-state index < -0.39 is 18.0 Å². The lowest BCUT2D eigenvalue weighted by Crippen LogP contribution is -2.16. The highest BCUT2D eigenvalue weighted by Gasteiger charge is 2.31. The van der Waals surface area contributed by atoms with Gasteiger partial charge in [0.15, 0.2) is 6.30 Å². The molecule has 2 N–H and O–H groups in total. The van der Waals surface area contributed by atoms with Gasteiger partial charge in [0.25, 0.3) is 0 Å². The molecule has 124 valence electrons. The van der Waals surface area contributed by atoms with E-state index in [0.29, 0.717) is 15.4 Å². The zero-order chi connectivity index (χ0) is 17.2. The van der Waals surface area contributed by atoms with Gasteiger partial charge < -0.3 is 5.73 Å². The van der Waals surface area contributed by atoms with Crippen LogP contribution in [0.3, 0.4) is 0 Å². The summed E-state index contributed by atoms with van der Waals surface area (Å²) in [5.41, 5.74) is 5.39. The van der Waals surface area contributed by atoms with E-state index in [0.717, 1.165) is 23.9 Å². The molecule has 0 aliphatic rings. The summed E-state index contributed by atoms with van der Waals surface area (Å²) in [5, 5.41) is 0. The Bertz CT molecular complexity index is 686. The molecule has 2 rings (SSSR count). The van der Waals surface area contributed by atoms with Gasteiger partial charge in [-0.3, -0.25) is 4.90 Å². The molecule has 2 nitrogen and oxygen atoms in total. The average molecular weight is 344 g/mol. The fourth-order valence-electron chi connectivity index (χ4n) is 1.98. The molecule has 0 aromatic heterocycles. The summed E-state index contributed by atoms with van der Waals surface area (Å²) in [4.78, 5) is 2.48. The van der Waals surface area contributed by atoms with E-state index >= 15 is 0 Å². The van der Waals surface area contributed by atoms with Gasteiger partial charge in [0, 0.05) is 21.0 Å². The van der Waals surface area contributed by atoms with Crippen molar-refractivity contribution in [3.8, 4) is 0 Å². The molecule has 0 fully saturated rings. The van der Waals surface area contributed by atoms with E-state index in [-0.39, 0.29) is 5.69 Å². The maximum atomic E-state index is 14.3. The molecule has 0 aliphatic heterocycles. The van der Waals surface area contributed by atoms with E-state index in [9.17, 15) is 17.6 Å². The minimum atomic E-state index is -4.44. The van der Waals surface area contributed by atoms with Crippen molar-refractivity contribution in [3.63, 3.8) is 0 Å². The first-order valence-corrected chi connectivity index (χ1v) is 7.56. The van der Waals surface area contributed by atoms with Crippen LogP contribution in [0, 0.1) is 0 Å². The molecule has 0 saturated heterocycles. The zero-order valence-corrected chi connectivity index (χ0v) is 13.4. The molecule has 0 radical (unpaired) electrons. The number of hydrogen-bond acceptors (Lipinski definition) is 3. The molecule has 0 spiro atoms. The minimum Gasteiger partial charge on any atom is -0.398 e. The topological polar surface area (TPSA) is 29.3 Å². The molecule has 1 unspecified atom stereocenters. The number of hydrogen-bond donors (Lipinski definition) is 1. The lowest BCUT2D eigenvalue weighted by Gasteiger charge is -2.19. The van der Waals surface area contributed by atoms with Gasteiger partial charge in [-0.15, -0.1) is 0 Å². The summed E-state index contributed by atoms with van der Waals surface area (Å²) in [6, 6.07) is 9.99. The highest BCUT2D eigenvalue weighted by Crippen LogP contribution is 2.39. The summed E-state index contributed by atoms with van der Waals surface area (Å²) in [5.74, 6) is 0. The van der Waals surface area contributed by atoms with Gasteiger partial charge in [-0.25, -0.2) is 4.39 Å². The monoisotopic (exact) mass is 344 g/mol. The largest absolute Gasteiger partial charge is 0.416 e. The second-order valence-electron chi connectivity index (χ2n) is 5.19. The Morgan fingerprint density at radius 1 is 1.04 bits per heavy atom. The van der Waals surface area contributed by atoms with Gasteiger partial charge in [-0.2, -0.15) is 13.2 Å². The summed E-state index contributed by atoms with van der Waals surface area (Å²) in [7, 11) is 3.22. The van der Waals surface area contributed by atoms with Gasteiger partial charge in [0.1, 0.15) is 0 Å². The van der Waals surface area contributed by atoms with Gasteiger partial charge in [0.05, 0.1) is 5.56 Å². The lowest BCUT2D eigenvalue weighted by molar-refractivity contribution is -0.137. The van der Waals surface area contributed by atoms with Gasteiger partial charge >= 0.3 is 6.18 Å². The van der Waals surface area contributed by atoms with Crippen LogP contribution in [0.4, 0.5) is 23.2 Å². The zero-order valence-electron chi connectivity index (χ0n) is 12.6. The molecule has 0 aliphatic carbocycles. The maximum absolute atomic E-state index is 14.3. The molecular weight excluding hydrogens is 328 g/mol. The Balaban J connectivity index is 2.34. The van der Waals surface area contributed by atoms with E-state index in [1.165, 1.54) is 11.0 Å². The third kappa shape index (κ3) is 4.17. The SMILES string of the molecule is CN(C)C(F)c1ccccc1Sc1ccc(C(F)(F)F)cc1N. The Hall–Kier alpha value is -1.73. The Labute approximate surface area is 136 Å². The summed E-state index contributed by atoms with van der Waals surface area (Å²) >= 11 is 1.15. The van der Waals surface area contributed by atoms with E-state index in [1.54, 1.807) is 38.4 Å². The van der Waals surface area contributed by atoms with E-state index in [2.05, 4.69) is 0 Å². The summed E-state index contributed by atoms with van der Waals surface area (Å²) in [6.07, 6.45) is -5.75. The predicted octanol–water partition coefficient (Wildman–Crippen LogP) is 4.97. The van der Waals surface area contributed by atoms with Crippen molar-refractivity contribution in [2.45, 2.75) is 22.3 Å². The van der Waals surface area contributed by atoms with Crippen LogP contribution in [-0.2, 0) is 6.18 Å². The van der Waals surface area contributed by atoms with Crippen molar-refractivity contribution in [3.05, 3.63) is 53.6 Å². The molecule has 2 aromatic carbocycles. The number of nitrogen functional groups attached to an aromatic ring is 1. The lowest BCUT2D eigenvalue weighted by atomic mass is 10.2. The number of halogens is 4. The average Bonchev–Trinajstić information content (AvgIpc) is 2.48. The normalized spacial score (nSPS) is 13.3. The van der Waals surface area contributed by atoms with Crippen molar-refractivity contribution >= 4 is 17.4 Å². The van der Waals surface area contributed by atoms with Crippen molar-refractivity contribution in [2.75, 3.05) is 19.8 Å². The van der Waals surface area contributed by atoms with Crippen molar-refractivity contribution in [2.24, 2.45) is 0 Å². The van der Waals surface area contributed by atoms with Crippen LogP contribution in [0.5, 0.6) is 0 Å². The van der Waals surface area contributed by atoms with Crippen molar-refractivity contribution in [1.82, 2.24) is 4.90 Å². The van der Waals surface area contributed by atoms with Crippen LogP contribution in [0.2, 0.25) is 0 Å². The van der Waals surface area contributed by atoms with Crippen LogP contribution in [0.25, 0.3) is 0 Å². The molecule has 2 aromatic rings. The molecule has 0 heterocycles. The standard InChI is InChI=1S/C16H16F4N2S/c1-22(2)15(17)11-5-3-4-6-13(11)23-14-8-7-10(9-12(14)21)16(18,19)20/h3-9,15H,21H2,1-2H3. The van der Waals surface area contributed by atoms with Crippen LogP contribution in [-0.4, -0.2) is 19.0 Å². The first kappa shape index (κ1) is 17.6. The molecule has 23 heavy (non-hydrogen) atoms. The van der Waals surface area contributed by atoms with Crippen LogP contribution < -0.4 is 5.73 Å². The highest BCUT2D eigenvalue weighted by molar-refractivity contribution is 7.99. The van der Waals surface area contributed by atoms with Crippen LogP contribution in [0.1, 0.15) is 17.4 Å². The number of nitrogens with zero attached hydrogens (tertiary/aromatic N) is 1. The van der Waals surface area contributed by atoms with E-state index in [1.807, 2.05) is 0 Å². The number of benzene rings is 2. The smallest absolute Gasteiger partial charge is 0.398 e. The summed E-state index contributed by atoms with van der Waals surface area (Å²) < 4.78 is 52.3. The fraction of sp³-hybridized carbons (Fsp3) is 0.250. The Morgan fingerprint density at radius 2 is 1.70 bits per heavy atom. The number of nitrogens with two attached hydrogens (primary N) is 1. The predicted molar refractivity (Wildman–Crippen MR) is 84.0 cm³/mol. The van der Waals surface area contributed by atoms with Gasteiger partial charge in [-0.05, 0) is 38.4 Å².